The molecular weight excluding hydrogens is 296 g/mol. The molecule has 0 saturated carbocycles. The summed E-state index contributed by atoms with van der Waals surface area (Å²) in [6.07, 6.45) is 13.4. The Hall–Kier alpha value is -3.20. The minimum atomic E-state index is -0.0426. The Bertz CT molecular complexity index is 948. The van der Waals surface area contributed by atoms with Gasteiger partial charge in [-0.2, -0.15) is 0 Å². The van der Waals surface area contributed by atoms with Gasteiger partial charge in [0.1, 0.15) is 5.69 Å². The van der Waals surface area contributed by atoms with Gasteiger partial charge in [-0.05, 0) is 41.5 Å². The van der Waals surface area contributed by atoms with Gasteiger partial charge < -0.3 is 4.90 Å². The van der Waals surface area contributed by atoms with Crippen molar-refractivity contribution in [3.8, 4) is 0 Å². The maximum Gasteiger partial charge on any atom is 0.204 e. The average Bonchev–Trinajstić information content (AvgIpc) is 2.63. The number of ketones is 1. The lowest BCUT2D eigenvalue weighted by Crippen LogP contribution is -2.18. The molecule has 1 aromatic heterocycles. The molecule has 1 aromatic carbocycles. The average molecular weight is 312 g/mol. The number of anilines is 1. The SMILES string of the molecule is CN1C(=CC=C2C=CC(=O)c3ncccc32)C=Cc2ccccc21. The molecule has 0 atom stereocenters. The number of carbonyl (C=O) groups is 1. The predicted octanol–water partition coefficient (Wildman–Crippen LogP) is 4.26. The molecule has 0 saturated heterocycles. The van der Waals surface area contributed by atoms with Crippen LogP contribution >= 0.6 is 0 Å². The maximum absolute atomic E-state index is 11.9. The van der Waals surface area contributed by atoms with Gasteiger partial charge in [-0.1, -0.05) is 42.5 Å². The Balaban J connectivity index is 1.72. The molecule has 0 spiro atoms. The van der Waals surface area contributed by atoms with Crippen LogP contribution in [0.5, 0.6) is 0 Å². The van der Waals surface area contributed by atoms with Crippen molar-refractivity contribution in [1.82, 2.24) is 4.98 Å². The number of hydrogen-bond donors (Lipinski definition) is 0. The molecule has 0 fully saturated rings. The molecule has 3 nitrogen and oxygen atoms in total. The highest BCUT2D eigenvalue weighted by Gasteiger charge is 2.17. The second kappa shape index (κ2) is 5.78. The van der Waals surface area contributed by atoms with Gasteiger partial charge in [-0.25, -0.2) is 0 Å². The third kappa shape index (κ3) is 2.40. The van der Waals surface area contributed by atoms with Crippen LogP contribution in [0.15, 0.2) is 78.7 Å². The molecule has 2 heterocycles. The summed E-state index contributed by atoms with van der Waals surface area (Å²) in [4.78, 5) is 18.3. The van der Waals surface area contributed by atoms with Crippen molar-refractivity contribution >= 4 is 23.1 Å². The van der Waals surface area contributed by atoms with Crippen LogP contribution in [-0.4, -0.2) is 17.8 Å². The van der Waals surface area contributed by atoms with E-state index >= 15 is 0 Å². The van der Waals surface area contributed by atoms with Crippen LogP contribution in [0, 0.1) is 0 Å². The first-order valence-electron chi connectivity index (χ1n) is 7.85. The van der Waals surface area contributed by atoms with E-state index in [9.17, 15) is 4.79 Å². The predicted molar refractivity (Wildman–Crippen MR) is 97.6 cm³/mol. The van der Waals surface area contributed by atoms with Crippen LogP contribution in [0.2, 0.25) is 0 Å². The molecule has 0 bridgehead atoms. The normalized spacial score (nSPS) is 18.9. The van der Waals surface area contributed by atoms with Crippen LogP contribution in [0.25, 0.3) is 11.6 Å². The fourth-order valence-electron chi connectivity index (χ4n) is 3.02. The second-order valence-electron chi connectivity index (χ2n) is 5.76. The lowest BCUT2D eigenvalue weighted by Gasteiger charge is -2.26. The quantitative estimate of drug-likeness (QED) is 0.788. The number of benzene rings is 1. The highest BCUT2D eigenvalue weighted by Crippen LogP contribution is 2.30. The van der Waals surface area contributed by atoms with Gasteiger partial charge in [0.25, 0.3) is 0 Å². The van der Waals surface area contributed by atoms with Crippen LogP contribution in [0.4, 0.5) is 5.69 Å². The molecule has 3 heteroatoms. The summed E-state index contributed by atoms with van der Waals surface area (Å²) in [5.41, 5.74) is 5.87. The molecule has 0 unspecified atom stereocenters. The van der Waals surface area contributed by atoms with Crippen molar-refractivity contribution < 1.29 is 4.79 Å². The van der Waals surface area contributed by atoms with Gasteiger partial charge >= 0.3 is 0 Å². The monoisotopic (exact) mass is 312 g/mol. The largest absolute Gasteiger partial charge is 0.344 e. The van der Waals surface area contributed by atoms with Gasteiger partial charge in [0.15, 0.2) is 0 Å². The summed E-state index contributed by atoms with van der Waals surface area (Å²) in [6.45, 7) is 0. The number of allylic oxidation sites excluding steroid dienone is 6. The van der Waals surface area contributed by atoms with Gasteiger partial charge in [-0.3, -0.25) is 9.78 Å². The van der Waals surface area contributed by atoms with Crippen molar-refractivity contribution in [3.05, 3.63) is 95.5 Å². The number of fused-ring (bicyclic) bond motifs is 2. The minimum absolute atomic E-state index is 0.0426. The van der Waals surface area contributed by atoms with E-state index in [-0.39, 0.29) is 5.78 Å². The molecule has 1 aliphatic heterocycles. The highest BCUT2D eigenvalue weighted by molar-refractivity contribution is 6.11. The Morgan fingerprint density at radius 2 is 1.83 bits per heavy atom. The van der Waals surface area contributed by atoms with Gasteiger partial charge in [-0.15, -0.1) is 0 Å². The summed E-state index contributed by atoms with van der Waals surface area (Å²) >= 11 is 0. The summed E-state index contributed by atoms with van der Waals surface area (Å²) in [7, 11) is 2.06. The first-order valence-corrected chi connectivity index (χ1v) is 7.85. The van der Waals surface area contributed by atoms with E-state index in [1.165, 1.54) is 11.3 Å². The number of aromatic nitrogens is 1. The summed E-state index contributed by atoms with van der Waals surface area (Å²) in [5.74, 6) is -0.0426. The number of rotatable bonds is 1. The zero-order chi connectivity index (χ0) is 16.5. The zero-order valence-corrected chi connectivity index (χ0v) is 13.3. The zero-order valence-electron chi connectivity index (χ0n) is 13.3. The van der Waals surface area contributed by atoms with Crippen LogP contribution < -0.4 is 4.90 Å². The lowest BCUT2D eigenvalue weighted by atomic mass is 9.95. The first kappa shape index (κ1) is 14.4. The molecule has 2 aromatic rings. The Morgan fingerprint density at radius 1 is 0.958 bits per heavy atom. The van der Waals surface area contributed by atoms with E-state index in [1.807, 2.05) is 36.4 Å². The van der Waals surface area contributed by atoms with Crippen LogP contribution in [0.1, 0.15) is 21.6 Å². The number of carbonyl (C=O) groups excluding carboxylic acids is 1. The van der Waals surface area contributed by atoms with E-state index in [2.05, 4.69) is 47.3 Å². The summed E-state index contributed by atoms with van der Waals surface area (Å²) in [6, 6.07) is 12.1. The number of nitrogens with zero attached hydrogens (tertiary/aromatic N) is 2. The van der Waals surface area contributed by atoms with Gasteiger partial charge in [0.2, 0.25) is 5.78 Å². The minimum Gasteiger partial charge on any atom is -0.344 e. The topological polar surface area (TPSA) is 33.2 Å². The third-order valence-electron chi connectivity index (χ3n) is 4.32. The van der Waals surface area contributed by atoms with Crippen molar-refractivity contribution in [1.29, 1.82) is 0 Å². The standard InChI is InChI=1S/C21H16N2O/c1-23-17(12-9-16-5-2-3-7-19(16)23)11-8-15-10-13-20(24)21-18(15)6-4-14-22-21/h2-14H,1H3. The molecule has 0 amide bonds. The van der Waals surface area contributed by atoms with Crippen LogP contribution in [-0.2, 0) is 0 Å². The molecule has 116 valence electrons. The molecule has 1 aliphatic carbocycles. The molecule has 24 heavy (non-hydrogen) atoms. The summed E-state index contributed by atoms with van der Waals surface area (Å²) in [5, 5.41) is 0. The molecule has 2 aliphatic rings. The van der Waals surface area contributed by atoms with Crippen LogP contribution in [0.3, 0.4) is 0 Å². The Morgan fingerprint density at radius 3 is 2.75 bits per heavy atom. The Labute approximate surface area is 141 Å². The van der Waals surface area contributed by atoms with Crippen molar-refractivity contribution in [2.24, 2.45) is 0 Å². The third-order valence-corrected chi connectivity index (χ3v) is 4.32. The number of para-hydroxylation sites is 1. The number of hydrogen-bond acceptors (Lipinski definition) is 3. The highest BCUT2D eigenvalue weighted by atomic mass is 16.1. The molecule has 4 rings (SSSR count). The fraction of sp³-hybridized carbons (Fsp3) is 0.0476. The lowest BCUT2D eigenvalue weighted by molar-refractivity contribution is 0.104. The van der Waals surface area contributed by atoms with Crippen molar-refractivity contribution in [3.63, 3.8) is 0 Å². The van der Waals surface area contributed by atoms with Crippen molar-refractivity contribution in [2.45, 2.75) is 0 Å². The Kier molecular flexibility index (Phi) is 3.47. The first-order chi connectivity index (χ1) is 11.7. The van der Waals surface area contributed by atoms with E-state index in [0.717, 1.165) is 16.8 Å². The van der Waals surface area contributed by atoms with E-state index < -0.39 is 0 Å². The second-order valence-corrected chi connectivity index (χ2v) is 5.76. The van der Waals surface area contributed by atoms with Crippen molar-refractivity contribution in [2.75, 3.05) is 11.9 Å². The van der Waals surface area contributed by atoms with E-state index in [0.29, 0.717) is 5.69 Å². The maximum atomic E-state index is 11.9. The number of pyridine rings is 1. The smallest absolute Gasteiger partial charge is 0.204 e. The molecule has 0 radical (unpaired) electrons. The fourth-order valence-corrected chi connectivity index (χ4v) is 3.02. The van der Waals surface area contributed by atoms with E-state index in [4.69, 9.17) is 0 Å². The van der Waals surface area contributed by atoms with Gasteiger partial charge in [0, 0.05) is 30.2 Å². The van der Waals surface area contributed by atoms with Gasteiger partial charge in [0.05, 0.1) is 0 Å². The molecular formula is C21H16N2O. The molecule has 0 N–H and O–H groups in total. The number of likely N-dealkylation sites (N-methyl/N-ethyl adjacent to an activating group) is 1. The summed E-state index contributed by atoms with van der Waals surface area (Å²) < 4.78 is 0. The van der Waals surface area contributed by atoms with E-state index in [1.54, 1.807) is 12.3 Å².